The molecule has 1 aliphatic heterocycles. The first-order chi connectivity index (χ1) is 12.5. The van der Waals surface area contributed by atoms with E-state index in [1.54, 1.807) is 0 Å². The Balaban J connectivity index is 0.00000261. The van der Waals surface area contributed by atoms with Gasteiger partial charge in [0.05, 0.1) is 0 Å². The molecular weight excluding hydrogens is 381 g/mol. The fourth-order valence-electron chi connectivity index (χ4n) is 3.40. The van der Waals surface area contributed by atoms with E-state index < -0.39 is 5.56 Å². The second-order valence-electron chi connectivity index (χ2n) is 6.71. The van der Waals surface area contributed by atoms with Crippen molar-refractivity contribution in [2.24, 2.45) is 0 Å². The van der Waals surface area contributed by atoms with E-state index in [0.717, 1.165) is 32.1 Å². The Hall–Kier alpha value is -1.09. The molecule has 0 spiro atoms. The summed E-state index contributed by atoms with van der Waals surface area (Å²) in [5.41, 5.74) is -0.419. The number of nitrogens with zero attached hydrogens (tertiary/aromatic N) is 4. The molecule has 8 nitrogen and oxygen atoms in total. The number of carbonyl (C=O) groups is 1. The average Bonchev–Trinajstić information content (AvgIpc) is 3.19. The van der Waals surface area contributed by atoms with E-state index in [0.29, 0.717) is 19.4 Å². The van der Waals surface area contributed by atoms with Gasteiger partial charge in [0, 0.05) is 42.0 Å². The van der Waals surface area contributed by atoms with Crippen molar-refractivity contribution in [3.8, 4) is 0 Å². The molecule has 1 fully saturated rings. The predicted octanol–water partition coefficient (Wildman–Crippen LogP) is -1.58. The number of nitrogens with one attached hydrogen (secondary N) is 1. The van der Waals surface area contributed by atoms with Crippen LogP contribution in [0.4, 0.5) is 0 Å². The van der Waals surface area contributed by atoms with E-state index in [2.05, 4.69) is 22.2 Å². The van der Waals surface area contributed by atoms with Crippen molar-refractivity contribution in [2.45, 2.75) is 71.0 Å². The van der Waals surface area contributed by atoms with Crippen molar-refractivity contribution in [1.29, 1.82) is 0 Å². The van der Waals surface area contributed by atoms with Gasteiger partial charge in [-0.2, -0.15) is 0 Å². The molecule has 1 atom stereocenters. The van der Waals surface area contributed by atoms with Gasteiger partial charge in [-0.05, 0) is 25.7 Å². The summed E-state index contributed by atoms with van der Waals surface area (Å²) in [7, 11) is 0. The zero-order chi connectivity index (χ0) is 18.7. The molecule has 1 N–H and O–H groups in total. The molecule has 1 amide bonds. The van der Waals surface area contributed by atoms with Crippen molar-refractivity contribution in [3.63, 3.8) is 0 Å². The molecule has 0 radical (unpaired) electrons. The van der Waals surface area contributed by atoms with Gasteiger partial charge in [0.15, 0.2) is 0 Å². The maximum absolute atomic E-state index is 12.8. The van der Waals surface area contributed by atoms with Gasteiger partial charge in [-0.3, -0.25) is 18.7 Å². The number of unbranched alkanes of at least 4 members (excludes halogenated alkanes) is 2. The van der Waals surface area contributed by atoms with Gasteiger partial charge >= 0.3 is 35.2 Å². The average molecular weight is 404 g/mol. The quantitative estimate of drug-likeness (QED) is 0.326. The Morgan fingerprint density at radius 1 is 1.19 bits per heavy atom. The number of hydrogen-bond donors (Lipinski definition) is 1. The molecule has 1 unspecified atom stereocenters. The molecule has 27 heavy (non-hydrogen) atoms. The van der Waals surface area contributed by atoms with E-state index in [-0.39, 0.29) is 70.2 Å². The molecule has 0 aliphatic carbocycles. The van der Waals surface area contributed by atoms with E-state index in [4.69, 9.17) is 11.6 Å². The molecule has 142 valence electrons. The van der Waals surface area contributed by atoms with Crippen molar-refractivity contribution in [2.75, 3.05) is 0 Å². The van der Waals surface area contributed by atoms with Gasteiger partial charge in [0.25, 0.3) is 5.56 Å². The molecule has 1 saturated heterocycles. The first kappa shape index (κ1) is 22.2. The number of halogens is 1. The Morgan fingerprint density at radius 3 is 2.59 bits per heavy atom. The maximum atomic E-state index is 12.8. The molecule has 0 aromatic carbocycles. The number of aromatic nitrogens is 4. The minimum Gasteiger partial charge on any atom is -0.420 e. The van der Waals surface area contributed by atoms with Gasteiger partial charge in [-0.1, -0.05) is 31.4 Å². The zero-order valence-electron chi connectivity index (χ0n) is 15.8. The van der Waals surface area contributed by atoms with Gasteiger partial charge in [0.1, 0.15) is 0 Å². The number of hydrogen-bond acceptors (Lipinski definition) is 4. The van der Waals surface area contributed by atoms with Crippen LogP contribution in [-0.2, 0) is 17.9 Å². The van der Waals surface area contributed by atoms with Crippen LogP contribution in [0.3, 0.4) is 0 Å². The molecule has 2 aromatic rings. The number of fused-ring (bicyclic) bond motifs is 1. The van der Waals surface area contributed by atoms with Crippen LogP contribution < -0.4 is 51.1 Å². The third kappa shape index (κ3) is 5.04. The molecule has 1 aliphatic rings. The molecule has 3 rings (SSSR count). The standard InChI is InChI=1S/C17H24ClN5O3.Na/c1-2-3-4-9-22-14-13(20-16(18)21-14)15(25)23(17(22)26)10-5-6-11-7-8-12(24)19-11;/h11H,2-10H2,1H3,(H2,19,20,21,24,25);/q;+1/p-1. The number of carbonyl (C=O) groups excluding carboxylic acids is 1. The van der Waals surface area contributed by atoms with Gasteiger partial charge in [-0.25, -0.2) is 4.79 Å². The minimum absolute atomic E-state index is 0. The summed E-state index contributed by atoms with van der Waals surface area (Å²) in [6, 6.07) is 0.127. The van der Waals surface area contributed by atoms with Crippen LogP contribution in [0, 0.1) is 0 Å². The Bertz CT molecular complexity index is 920. The maximum Gasteiger partial charge on any atom is 1.00 e. The Morgan fingerprint density at radius 2 is 1.93 bits per heavy atom. The summed E-state index contributed by atoms with van der Waals surface area (Å²) in [4.78, 5) is 44.8. The molecule has 0 bridgehead atoms. The first-order valence-corrected chi connectivity index (χ1v) is 9.52. The van der Waals surface area contributed by atoms with Crippen LogP contribution in [0.25, 0.3) is 11.2 Å². The largest absolute Gasteiger partial charge is 1.00 e. The number of aryl methyl sites for hydroxylation is 1. The summed E-state index contributed by atoms with van der Waals surface area (Å²) in [5, 5.41) is 2.88. The fourth-order valence-corrected chi connectivity index (χ4v) is 3.56. The molecular formula is C17H23ClN5NaO3. The smallest absolute Gasteiger partial charge is 0.420 e. The monoisotopic (exact) mass is 403 g/mol. The third-order valence-corrected chi connectivity index (χ3v) is 4.95. The van der Waals surface area contributed by atoms with Gasteiger partial charge < -0.3 is 15.3 Å². The summed E-state index contributed by atoms with van der Waals surface area (Å²) in [5.74, 6) is 0.0635. The summed E-state index contributed by atoms with van der Waals surface area (Å²) < 4.78 is 2.72. The normalized spacial score (nSPS) is 16.5. The summed E-state index contributed by atoms with van der Waals surface area (Å²) in [6.45, 7) is 2.86. The van der Waals surface area contributed by atoms with Crippen molar-refractivity contribution >= 4 is 28.7 Å². The number of rotatable bonds is 8. The summed E-state index contributed by atoms with van der Waals surface area (Å²) >= 11 is 5.87. The summed E-state index contributed by atoms with van der Waals surface area (Å²) in [6.07, 6.45) is 5.54. The molecule has 3 heterocycles. The van der Waals surface area contributed by atoms with Crippen LogP contribution in [0.15, 0.2) is 9.59 Å². The number of amides is 1. The Labute approximate surface area is 184 Å². The Kier molecular flexibility index (Phi) is 8.15. The number of imidazole rings is 1. The molecule has 0 saturated carbocycles. The zero-order valence-corrected chi connectivity index (χ0v) is 18.6. The molecule has 10 heteroatoms. The van der Waals surface area contributed by atoms with Crippen LogP contribution in [0.1, 0.15) is 51.9 Å². The SMILES string of the molecule is CCCCCn1c(=O)n(CCCC2CCC(=O)N2)c(=O)c2[n-]c(Cl)nc21.[Na+]. The van der Waals surface area contributed by atoms with E-state index >= 15 is 0 Å². The van der Waals surface area contributed by atoms with Crippen LogP contribution in [-0.4, -0.2) is 26.1 Å². The van der Waals surface area contributed by atoms with Crippen molar-refractivity contribution < 1.29 is 34.4 Å². The van der Waals surface area contributed by atoms with E-state index in [9.17, 15) is 14.4 Å². The fraction of sp³-hybridized carbons (Fsp3) is 0.647. The predicted molar refractivity (Wildman–Crippen MR) is 98.5 cm³/mol. The first-order valence-electron chi connectivity index (χ1n) is 9.14. The van der Waals surface area contributed by atoms with Crippen LogP contribution >= 0.6 is 11.6 Å². The van der Waals surface area contributed by atoms with Gasteiger partial charge in [-0.15, -0.1) is 0 Å². The topological polar surface area (TPSA) is 100 Å². The van der Waals surface area contributed by atoms with Gasteiger partial charge in [0.2, 0.25) is 5.91 Å². The third-order valence-electron chi connectivity index (χ3n) is 4.78. The van der Waals surface area contributed by atoms with Crippen molar-refractivity contribution in [1.82, 2.24) is 24.4 Å². The molecule has 2 aromatic heterocycles. The van der Waals surface area contributed by atoms with Crippen LogP contribution in [0.5, 0.6) is 0 Å². The van der Waals surface area contributed by atoms with E-state index in [1.807, 2.05) is 0 Å². The second-order valence-corrected chi connectivity index (χ2v) is 7.05. The minimum atomic E-state index is -0.452. The second kappa shape index (κ2) is 9.91. The van der Waals surface area contributed by atoms with E-state index in [1.165, 1.54) is 9.13 Å². The van der Waals surface area contributed by atoms with Crippen molar-refractivity contribution in [3.05, 3.63) is 26.1 Å². The van der Waals surface area contributed by atoms with Crippen LogP contribution in [0.2, 0.25) is 5.28 Å².